The second-order valence-corrected chi connectivity index (χ2v) is 8.12. The molecule has 1 fully saturated rings. The molecule has 1 atom stereocenters. The number of fused-ring (bicyclic) bond motifs is 1. The largest absolute Gasteiger partial charge is 0.459 e. The van der Waals surface area contributed by atoms with Crippen molar-refractivity contribution >= 4 is 22.8 Å². The van der Waals surface area contributed by atoms with Gasteiger partial charge < -0.3 is 14.6 Å². The van der Waals surface area contributed by atoms with Gasteiger partial charge in [-0.15, -0.1) is 0 Å². The van der Waals surface area contributed by atoms with Gasteiger partial charge in [0, 0.05) is 30.5 Å². The van der Waals surface area contributed by atoms with Gasteiger partial charge in [-0.1, -0.05) is 60.7 Å². The molecule has 1 N–H and O–H groups in total. The van der Waals surface area contributed by atoms with Crippen molar-refractivity contribution in [1.29, 1.82) is 0 Å². The topological polar surface area (TPSA) is 62.6 Å². The molecule has 2 amide bonds. The molecular weight excluding hydrogens is 400 g/mol. The first-order chi connectivity index (χ1) is 15.7. The Morgan fingerprint density at radius 1 is 0.969 bits per heavy atom. The van der Waals surface area contributed by atoms with Gasteiger partial charge in [-0.2, -0.15) is 0 Å². The summed E-state index contributed by atoms with van der Waals surface area (Å²) in [6, 6.07) is 26.7. The highest BCUT2D eigenvalue weighted by Crippen LogP contribution is 2.28. The minimum absolute atomic E-state index is 0.175. The first kappa shape index (κ1) is 20.1. The van der Waals surface area contributed by atoms with E-state index in [1.54, 1.807) is 6.07 Å². The number of amides is 2. The molecule has 3 aromatic carbocycles. The highest BCUT2D eigenvalue weighted by Gasteiger charge is 2.23. The number of rotatable bonds is 6. The quantitative estimate of drug-likeness (QED) is 0.470. The van der Waals surface area contributed by atoms with Gasteiger partial charge in [-0.05, 0) is 41.8 Å². The number of carbonyl (C=O) groups is 2. The van der Waals surface area contributed by atoms with Crippen LogP contribution in [-0.4, -0.2) is 23.3 Å². The van der Waals surface area contributed by atoms with Crippen LogP contribution in [0.4, 0.5) is 0 Å². The van der Waals surface area contributed by atoms with Crippen LogP contribution in [-0.2, 0) is 11.3 Å². The summed E-state index contributed by atoms with van der Waals surface area (Å²) in [5.74, 6) is 0.673. The molecule has 0 bridgehead atoms. The lowest BCUT2D eigenvalue weighted by Gasteiger charge is -2.18. The van der Waals surface area contributed by atoms with Gasteiger partial charge in [0.25, 0.3) is 5.91 Å². The van der Waals surface area contributed by atoms with Crippen LogP contribution < -0.4 is 5.32 Å². The second kappa shape index (κ2) is 8.71. The zero-order valence-corrected chi connectivity index (χ0v) is 17.7. The maximum atomic E-state index is 13.2. The zero-order chi connectivity index (χ0) is 21.9. The van der Waals surface area contributed by atoms with Gasteiger partial charge in [0.2, 0.25) is 5.91 Å². The molecule has 1 saturated heterocycles. The van der Waals surface area contributed by atoms with Gasteiger partial charge >= 0.3 is 0 Å². The van der Waals surface area contributed by atoms with Crippen LogP contribution in [0.15, 0.2) is 89.3 Å². The van der Waals surface area contributed by atoms with Crippen LogP contribution >= 0.6 is 0 Å². The number of hydrogen-bond donors (Lipinski definition) is 1. The number of nitrogens with one attached hydrogen (secondary N) is 1. The molecule has 160 valence electrons. The van der Waals surface area contributed by atoms with E-state index in [0.717, 1.165) is 35.1 Å². The first-order valence-electron chi connectivity index (χ1n) is 10.9. The maximum absolute atomic E-state index is 13.2. The monoisotopic (exact) mass is 424 g/mol. The third-order valence-corrected chi connectivity index (χ3v) is 5.87. The molecule has 5 nitrogen and oxygen atoms in total. The molecule has 1 aliphatic heterocycles. The SMILES string of the molecule is O=C(NC(c1ccccc1)c1cc2ccccc2o1)c1cccc(CN2CCCC2=O)c1. The third kappa shape index (κ3) is 4.14. The van der Waals surface area contributed by atoms with Gasteiger partial charge in [-0.3, -0.25) is 9.59 Å². The van der Waals surface area contributed by atoms with Crippen molar-refractivity contribution in [3.63, 3.8) is 0 Å². The smallest absolute Gasteiger partial charge is 0.252 e. The summed E-state index contributed by atoms with van der Waals surface area (Å²) in [4.78, 5) is 27.0. The maximum Gasteiger partial charge on any atom is 0.252 e. The zero-order valence-electron chi connectivity index (χ0n) is 17.7. The van der Waals surface area contributed by atoms with E-state index < -0.39 is 6.04 Å². The Hall–Kier alpha value is -3.86. The summed E-state index contributed by atoms with van der Waals surface area (Å²) in [5, 5.41) is 4.14. The Kier molecular flexibility index (Phi) is 5.46. The van der Waals surface area contributed by atoms with Crippen molar-refractivity contribution in [2.24, 2.45) is 0 Å². The van der Waals surface area contributed by atoms with E-state index in [2.05, 4.69) is 5.32 Å². The van der Waals surface area contributed by atoms with E-state index in [0.29, 0.717) is 24.3 Å². The van der Waals surface area contributed by atoms with Gasteiger partial charge in [0.15, 0.2) is 0 Å². The normalized spacial score (nSPS) is 14.6. The standard InChI is InChI=1S/C27H24N2O3/c30-25-14-7-15-29(25)18-19-8-6-12-22(16-19)27(31)28-26(20-9-2-1-3-10-20)24-17-21-11-4-5-13-23(21)32-24/h1-6,8-13,16-17,26H,7,14-15,18H2,(H,28,31). The van der Waals surface area contributed by atoms with Crippen LogP contribution in [0.25, 0.3) is 11.0 Å². The minimum atomic E-state index is -0.417. The average Bonchev–Trinajstić information content (AvgIpc) is 3.44. The van der Waals surface area contributed by atoms with Crippen LogP contribution in [0.5, 0.6) is 0 Å². The predicted molar refractivity (Wildman–Crippen MR) is 123 cm³/mol. The van der Waals surface area contributed by atoms with Crippen molar-refractivity contribution < 1.29 is 14.0 Å². The number of carbonyl (C=O) groups excluding carboxylic acids is 2. The highest BCUT2D eigenvalue weighted by molar-refractivity contribution is 5.95. The minimum Gasteiger partial charge on any atom is -0.459 e. The van der Waals surface area contributed by atoms with Crippen LogP contribution in [0, 0.1) is 0 Å². The second-order valence-electron chi connectivity index (χ2n) is 8.12. The number of furan rings is 1. The summed E-state index contributed by atoms with van der Waals surface area (Å²) in [5.41, 5.74) is 3.24. The number of benzene rings is 3. The lowest BCUT2D eigenvalue weighted by Crippen LogP contribution is -2.29. The number of likely N-dealkylation sites (tertiary alicyclic amines) is 1. The molecule has 2 heterocycles. The molecule has 5 rings (SSSR count). The van der Waals surface area contributed by atoms with Gasteiger partial charge in [-0.25, -0.2) is 0 Å². The summed E-state index contributed by atoms with van der Waals surface area (Å²) in [6.45, 7) is 1.31. The van der Waals surface area contributed by atoms with E-state index in [1.165, 1.54) is 0 Å². The van der Waals surface area contributed by atoms with Crippen molar-refractivity contribution in [2.75, 3.05) is 6.54 Å². The Balaban J connectivity index is 1.42. The number of nitrogens with zero attached hydrogens (tertiary/aromatic N) is 1. The fourth-order valence-corrected chi connectivity index (χ4v) is 4.23. The van der Waals surface area contributed by atoms with E-state index in [-0.39, 0.29) is 11.8 Å². The molecule has 32 heavy (non-hydrogen) atoms. The molecule has 0 aliphatic carbocycles. The lowest BCUT2D eigenvalue weighted by molar-refractivity contribution is -0.128. The number of hydrogen-bond acceptors (Lipinski definition) is 3. The van der Waals surface area contributed by atoms with E-state index in [9.17, 15) is 9.59 Å². The summed E-state index contributed by atoms with van der Waals surface area (Å²) < 4.78 is 6.09. The van der Waals surface area contributed by atoms with Crippen molar-refractivity contribution in [3.05, 3.63) is 107 Å². The fraction of sp³-hybridized carbons (Fsp3) is 0.185. The summed E-state index contributed by atoms with van der Waals surface area (Å²) >= 11 is 0. The molecule has 0 radical (unpaired) electrons. The molecule has 1 aliphatic rings. The van der Waals surface area contributed by atoms with Gasteiger partial charge in [0.05, 0.1) is 0 Å². The van der Waals surface area contributed by atoms with E-state index in [1.807, 2.05) is 83.8 Å². The van der Waals surface area contributed by atoms with Crippen molar-refractivity contribution in [2.45, 2.75) is 25.4 Å². The molecule has 0 spiro atoms. The predicted octanol–water partition coefficient (Wildman–Crippen LogP) is 5.07. The summed E-state index contributed by atoms with van der Waals surface area (Å²) in [6.07, 6.45) is 1.51. The highest BCUT2D eigenvalue weighted by atomic mass is 16.3. The third-order valence-electron chi connectivity index (χ3n) is 5.87. The van der Waals surface area contributed by atoms with Crippen LogP contribution in [0.3, 0.4) is 0 Å². The fourth-order valence-electron chi connectivity index (χ4n) is 4.23. The van der Waals surface area contributed by atoms with Crippen LogP contribution in [0.2, 0.25) is 0 Å². The van der Waals surface area contributed by atoms with Crippen LogP contribution in [0.1, 0.15) is 46.1 Å². The Morgan fingerprint density at radius 2 is 1.78 bits per heavy atom. The average molecular weight is 425 g/mol. The first-order valence-corrected chi connectivity index (χ1v) is 10.9. The Bertz CT molecular complexity index is 1230. The lowest BCUT2D eigenvalue weighted by atomic mass is 10.0. The van der Waals surface area contributed by atoms with Crippen molar-refractivity contribution in [1.82, 2.24) is 10.2 Å². The van der Waals surface area contributed by atoms with E-state index in [4.69, 9.17) is 4.42 Å². The molecule has 0 saturated carbocycles. The van der Waals surface area contributed by atoms with Crippen molar-refractivity contribution in [3.8, 4) is 0 Å². The number of para-hydroxylation sites is 1. The van der Waals surface area contributed by atoms with Gasteiger partial charge in [0.1, 0.15) is 17.4 Å². The molecule has 5 heteroatoms. The van der Waals surface area contributed by atoms with E-state index >= 15 is 0 Å². The Morgan fingerprint density at radius 3 is 2.56 bits per heavy atom. The molecule has 1 unspecified atom stereocenters. The Labute approximate surface area is 186 Å². The summed E-state index contributed by atoms with van der Waals surface area (Å²) in [7, 11) is 0. The molecular formula is C27H24N2O3. The molecule has 4 aromatic rings. The molecule has 1 aromatic heterocycles.